The molecule has 104 valence electrons. The Morgan fingerprint density at radius 1 is 1.20 bits per heavy atom. The molecular weight excluding hydrogens is 246 g/mol. The summed E-state index contributed by atoms with van der Waals surface area (Å²) in [4.78, 5) is 4.03. The molecule has 0 unspecified atom stereocenters. The lowest BCUT2D eigenvalue weighted by Gasteiger charge is -2.57. The standard InChI is InChI=1S/C17H21N3/c18-10-16-6-15(1-2-19-16)20-11-17-7-12-3-13(8-17)5-14(4-12)9-17/h1-2,6,12-14H,3-5,7-9,11H2,(H,19,20). The summed E-state index contributed by atoms with van der Waals surface area (Å²) in [5.74, 6) is 2.99. The molecular formula is C17H21N3. The van der Waals surface area contributed by atoms with Crippen LogP contribution in [0.4, 0.5) is 5.69 Å². The Bertz CT molecular complexity index is 522. The molecule has 0 spiro atoms. The van der Waals surface area contributed by atoms with Gasteiger partial charge in [-0.2, -0.15) is 5.26 Å². The van der Waals surface area contributed by atoms with Crippen LogP contribution in [0.25, 0.3) is 0 Å². The van der Waals surface area contributed by atoms with Gasteiger partial charge in [0.1, 0.15) is 11.8 Å². The molecule has 4 aliphatic rings. The lowest BCUT2D eigenvalue weighted by Crippen LogP contribution is -2.49. The number of hydrogen-bond donors (Lipinski definition) is 1. The molecule has 5 rings (SSSR count). The summed E-state index contributed by atoms with van der Waals surface area (Å²) < 4.78 is 0. The minimum atomic E-state index is 0.500. The molecule has 4 saturated carbocycles. The fraction of sp³-hybridized carbons (Fsp3) is 0.647. The third-order valence-electron chi connectivity index (χ3n) is 5.71. The number of anilines is 1. The summed E-state index contributed by atoms with van der Waals surface area (Å²) in [7, 11) is 0. The first-order valence-corrected chi connectivity index (χ1v) is 7.85. The Morgan fingerprint density at radius 3 is 2.45 bits per heavy atom. The van der Waals surface area contributed by atoms with Crippen molar-refractivity contribution in [3.63, 3.8) is 0 Å². The van der Waals surface area contributed by atoms with Gasteiger partial charge in [-0.05, 0) is 73.8 Å². The van der Waals surface area contributed by atoms with Gasteiger partial charge >= 0.3 is 0 Å². The number of nitrogens with zero attached hydrogens (tertiary/aromatic N) is 2. The van der Waals surface area contributed by atoms with Gasteiger partial charge in [-0.25, -0.2) is 4.98 Å². The molecule has 0 amide bonds. The van der Waals surface area contributed by atoms with Crippen LogP contribution in [-0.2, 0) is 0 Å². The van der Waals surface area contributed by atoms with Crippen LogP contribution in [0.1, 0.15) is 44.2 Å². The van der Waals surface area contributed by atoms with Crippen molar-refractivity contribution in [1.29, 1.82) is 5.26 Å². The summed E-state index contributed by atoms with van der Waals surface area (Å²) in [6.07, 6.45) is 10.5. The van der Waals surface area contributed by atoms with Crippen molar-refractivity contribution < 1.29 is 0 Å². The van der Waals surface area contributed by atoms with Gasteiger partial charge in [0.05, 0.1) is 0 Å². The van der Waals surface area contributed by atoms with E-state index in [1.165, 1.54) is 38.5 Å². The molecule has 20 heavy (non-hydrogen) atoms. The first-order valence-electron chi connectivity index (χ1n) is 7.85. The van der Waals surface area contributed by atoms with Gasteiger partial charge in [0.2, 0.25) is 0 Å². The molecule has 0 radical (unpaired) electrons. The predicted octanol–water partition coefficient (Wildman–Crippen LogP) is 3.58. The van der Waals surface area contributed by atoms with E-state index in [0.717, 1.165) is 30.0 Å². The molecule has 1 N–H and O–H groups in total. The molecule has 1 heterocycles. The highest BCUT2D eigenvalue weighted by molar-refractivity contribution is 5.46. The average Bonchev–Trinajstić information content (AvgIpc) is 2.44. The quantitative estimate of drug-likeness (QED) is 0.910. The van der Waals surface area contributed by atoms with Crippen LogP contribution in [0, 0.1) is 34.5 Å². The van der Waals surface area contributed by atoms with E-state index < -0.39 is 0 Å². The summed E-state index contributed by atoms with van der Waals surface area (Å²) in [6, 6.07) is 5.95. The van der Waals surface area contributed by atoms with Gasteiger partial charge in [0.15, 0.2) is 0 Å². The highest BCUT2D eigenvalue weighted by Gasteiger charge is 2.50. The molecule has 0 saturated heterocycles. The number of aromatic nitrogens is 1. The molecule has 0 atom stereocenters. The van der Waals surface area contributed by atoms with Crippen LogP contribution in [-0.4, -0.2) is 11.5 Å². The average molecular weight is 267 g/mol. The fourth-order valence-corrected chi connectivity index (χ4v) is 5.40. The number of pyridine rings is 1. The fourth-order valence-electron chi connectivity index (χ4n) is 5.40. The Balaban J connectivity index is 1.48. The molecule has 3 heteroatoms. The Morgan fingerprint density at radius 2 is 1.85 bits per heavy atom. The van der Waals surface area contributed by atoms with Crippen LogP contribution < -0.4 is 5.32 Å². The van der Waals surface area contributed by atoms with Crippen molar-refractivity contribution in [1.82, 2.24) is 4.98 Å². The van der Waals surface area contributed by atoms with Crippen LogP contribution >= 0.6 is 0 Å². The van der Waals surface area contributed by atoms with E-state index in [9.17, 15) is 0 Å². The van der Waals surface area contributed by atoms with Gasteiger partial charge < -0.3 is 5.32 Å². The van der Waals surface area contributed by atoms with Gasteiger partial charge in [0, 0.05) is 18.4 Å². The number of nitriles is 1. The molecule has 3 nitrogen and oxygen atoms in total. The largest absolute Gasteiger partial charge is 0.384 e. The Hall–Kier alpha value is -1.56. The van der Waals surface area contributed by atoms with Crippen molar-refractivity contribution in [3.05, 3.63) is 24.0 Å². The molecule has 4 fully saturated rings. The minimum absolute atomic E-state index is 0.500. The highest BCUT2D eigenvalue weighted by Crippen LogP contribution is 2.59. The zero-order chi connectivity index (χ0) is 13.6. The second kappa shape index (κ2) is 4.48. The first-order chi connectivity index (χ1) is 9.75. The number of hydrogen-bond acceptors (Lipinski definition) is 3. The van der Waals surface area contributed by atoms with Crippen molar-refractivity contribution in [2.24, 2.45) is 23.2 Å². The summed E-state index contributed by atoms with van der Waals surface area (Å²) >= 11 is 0. The maximum Gasteiger partial charge on any atom is 0.142 e. The van der Waals surface area contributed by atoms with E-state index in [0.29, 0.717) is 11.1 Å². The minimum Gasteiger partial charge on any atom is -0.384 e. The topological polar surface area (TPSA) is 48.7 Å². The Kier molecular flexibility index (Phi) is 2.73. The van der Waals surface area contributed by atoms with E-state index in [1.807, 2.05) is 12.1 Å². The van der Waals surface area contributed by atoms with Gasteiger partial charge in [0.25, 0.3) is 0 Å². The van der Waals surface area contributed by atoms with Crippen molar-refractivity contribution >= 4 is 5.69 Å². The van der Waals surface area contributed by atoms with Crippen LogP contribution in [0.3, 0.4) is 0 Å². The van der Waals surface area contributed by atoms with Gasteiger partial charge in [-0.1, -0.05) is 0 Å². The highest BCUT2D eigenvalue weighted by atomic mass is 14.9. The molecule has 4 bridgehead atoms. The maximum absolute atomic E-state index is 8.92. The van der Waals surface area contributed by atoms with E-state index in [4.69, 9.17) is 5.26 Å². The summed E-state index contributed by atoms with van der Waals surface area (Å²) in [6.45, 7) is 1.07. The summed E-state index contributed by atoms with van der Waals surface area (Å²) in [5, 5.41) is 12.5. The van der Waals surface area contributed by atoms with Crippen LogP contribution in [0.15, 0.2) is 18.3 Å². The predicted molar refractivity (Wildman–Crippen MR) is 78.0 cm³/mol. The van der Waals surface area contributed by atoms with Crippen molar-refractivity contribution in [2.45, 2.75) is 38.5 Å². The SMILES string of the molecule is N#Cc1cc(NCC23CC4CC(CC(C4)C2)C3)ccn1. The normalized spacial score (nSPS) is 37.6. The van der Waals surface area contributed by atoms with Gasteiger partial charge in [-0.3, -0.25) is 0 Å². The van der Waals surface area contributed by atoms with Crippen LogP contribution in [0.5, 0.6) is 0 Å². The smallest absolute Gasteiger partial charge is 0.142 e. The molecule has 0 aromatic carbocycles. The third-order valence-corrected chi connectivity index (χ3v) is 5.71. The van der Waals surface area contributed by atoms with Crippen molar-refractivity contribution in [2.75, 3.05) is 11.9 Å². The van der Waals surface area contributed by atoms with E-state index in [-0.39, 0.29) is 0 Å². The monoisotopic (exact) mass is 267 g/mol. The molecule has 1 aromatic heterocycles. The first kappa shape index (κ1) is 12.2. The van der Waals surface area contributed by atoms with Crippen molar-refractivity contribution in [3.8, 4) is 6.07 Å². The van der Waals surface area contributed by atoms with E-state index in [2.05, 4.69) is 16.4 Å². The zero-order valence-electron chi connectivity index (χ0n) is 11.8. The number of nitrogens with one attached hydrogen (secondary N) is 1. The third kappa shape index (κ3) is 2.08. The van der Waals surface area contributed by atoms with Crippen LogP contribution in [0.2, 0.25) is 0 Å². The molecule has 1 aromatic rings. The second-order valence-corrected chi connectivity index (χ2v) is 7.31. The van der Waals surface area contributed by atoms with E-state index in [1.54, 1.807) is 6.20 Å². The van der Waals surface area contributed by atoms with Gasteiger partial charge in [-0.15, -0.1) is 0 Å². The molecule has 0 aliphatic heterocycles. The summed E-state index contributed by atoms with van der Waals surface area (Å²) in [5.41, 5.74) is 2.08. The second-order valence-electron chi connectivity index (χ2n) is 7.31. The lowest BCUT2D eigenvalue weighted by atomic mass is 9.49. The zero-order valence-corrected chi connectivity index (χ0v) is 11.8. The maximum atomic E-state index is 8.92. The lowest BCUT2D eigenvalue weighted by molar-refractivity contribution is -0.0444. The molecule has 4 aliphatic carbocycles. The Labute approximate surface area is 120 Å². The van der Waals surface area contributed by atoms with E-state index >= 15 is 0 Å². The number of rotatable bonds is 3.